The van der Waals surface area contributed by atoms with Crippen LogP contribution in [0.4, 0.5) is 5.82 Å². The summed E-state index contributed by atoms with van der Waals surface area (Å²) < 4.78 is 2.21. The molecule has 1 aromatic heterocycles. The van der Waals surface area contributed by atoms with Crippen molar-refractivity contribution in [1.82, 2.24) is 9.78 Å². The maximum atomic E-state index is 6.30. The van der Waals surface area contributed by atoms with Gasteiger partial charge in [0.2, 0.25) is 0 Å². The first-order valence-electron chi connectivity index (χ1n) is 8.23. The maximum Gasteiger partial charge on any atom is 0.122 e. The second-order valence-corrected chi connectivity index (χ2v) is 7.51. The molecule has 0 radical (unpaired) electrons. The topological polar surface area (TPSA) is 69.9 Å². The minimum absolute atomic E-state index is 0.250. The van der Waals surface area contributed by atoms with Crippen LogP contribution < -0.4 is 11.5 Å². The summed E-state index contributed by atoms with van der Waals surface area (Å²) in [5.41, 5.74) is 13.3. The molecule has 1 heterocycles. The zero-order valence-corrected chi connectivity index (χ0v) is 12.2. The van der Waals surface area contributed by atoms with E-state index in [9.17, 15) is 0 Å². The second kappa shape index (κ2) is 4.48. The Kier molecular flexibility index (Phi) is 2.85. The molecule has 4 saturated carbocycles. The van der Waals surface area contributed by atoms with Gasteiger partial charge in [0.15, 0.2) is 0 Å². The van der Waals surface area contributed by atoms with Crippen molar-refractivity contribution in [2.24, 2.45) is 23.5 Å². The minimum atomic E-state index is 0.250. The van der Waals surface area contributed by atoms with Gasteiger partial charge in [0.05, 0.1) is 11.2 Å². The van der Waals surface area contributed by atoms with Crippen LogP contribution in [0.5, 0.6) is 0 Å². The van der Waals surface area contributed by atoms with E-state index in [1.165, 1.54) is 38.5 Å². The average Bonchev–Trinajstić information content (AvgIpc) is 2.77. The van der Waals surface area contributed by atoms with Gasteiger partial charge in [-0.1, -0.05) is 0 Å². The lowest BCUT2D eigenvalue weighted by Gasteiger charge is -2.56. The lowest BCUT2D eigenvalue weighted by atomic mass is 9.53. The molecule has 1 aromatic rings. The molecule has 0 aromatic carbocycles. The molecule has 4 aliphatic carbocycles. The standard InChI is InChI=1S/C16H26N4/c17-3-1-2-14-7-15(18)20(19-14)16-8-11-4-12(9-16)6-13(5-11)10-16/h7,11-13H,1-6,8-10,17-18H2. The van der Waals surface area contributed by atoms with Gasteiger partial charge in [0.25, 0.3) is 0 Å². The van der Waals surface area contributed by atoms with Crippen LogP contribution in [0.2, 0.25) is 0 Å². The van der Waals surface area contributed by atoms with Crippen molar-refractivity contribution in [3.05, 3.63) is 11.8 Å². The van der Waals surface area contributed by atoms with Crippen LogP contribution in [0, 0.1) is 17.8 Å². The fourth-order valence-corrected chi connectivity index (χ4v) is 5.56. The molecular weight excluding hydrogens is 248 g/mol. The van der Waals surface area contributed by atoms with Crippen molar-refractivity contribution in [1.29, 1.82) is 0 Å². The molecule has 0 saturated heterocycles. The SMILES string of the molecule is NCCCc1cc(N)n(C23CC4CC(CC(C4)C2)C3)n1. The second-order valence-electron chi connectivity index (χ2n) is 7.51. The maximum absolute atomic E-state index is 6.30. The van der Waals surface area contributed by atoms with E-state index in [-0.39, 0.29) is 5.54 Å². The van der Waals surface area contributed by atoms with Gasteiger partial charge in [-0.25, -0.2) is 4.68 Å². The highest BCUT2D eigenvalue weighted by atomic mass is 15.4. The van der Waals surface area contributed by atoms with Gasteiger partial charge in [-0.15, -0.1) is 0 Å². The van der Waals surface area contributed by atoms with E-state index in [2.05, 4.69) is 10.7 Å². The van der Waals surface area contributed by atoms with Gasteiger partial charge in [0, 0.05) is 6.07 Å². The lowest BCUT2D eigenvalue weighted by molar-refractivity contribution is -0.0483. The Labute approximate surface area is 120 Å². The molecule has 0 atom stereocenters. The summed E-state index contributed by atoms with van der Waals surface area (Å²) in [7, 11) is 0. The van der Waals surface area contributed by atoms with Gasteiger partial charge in [-0.2, -0.15) is 5.10 Å². The third-order valence-corrected chi connectivity index (χ3v) is 5.88. The molecular formula is C16H26N4. The predicted octanol–water partition coefficient (Wildman–Crippen LogP) is 2.28. The van der Waals surface area contributed by atoms with Gasteiger partial charge < -0.3 is 11.5 Å². The Morgan fingerprint density at radius 1 is 1.15 bits per heavy atom. The fourth-order valence-electron chi connectivity index (χ4n) is 5.56. The fraction of sp³-hybridized carbons (Fsp3) is 0.812. The van der Waals surface area contributed by atoms with E-state index in [0.29, 0.717) is 0 Å². The number of nitrogens with zero attached hydrogens (tertiary/aromatic N) is 2. The quantitative estimate of drug-likeness (QED) is 0.885. The van der Waals surface area contributed by atoms with Gasteiger partial charge >= 0.3 is 0 Å². The number of hydrogen-bond donors (Lipinski definition) is 2. The molecule has 0 unspecified atom stereocenters. The number of nitrogens with two attached hydrogens (primary N) is 2. The normalized spacial score (nSPS) is 38.5. The first-order valence-corrected chi connectivity index (χ1v) is 8.23. The highest BCUT2D eigenvalue weighted by molar-refractivity contribution is 5.33. The Balaban J connectivity index is 1.65. The summed E-state index contributed by atoms with van der Waals surface area (Å²) in [6.45, 7) is 0.726. The van der Waals surface area contributed by atoms with Crippen LogP contribution >= 0.6 is 0 Å². The third kappa shape index (κ3) is 1.88. The van der Waals surface area contributed by atoms with E-state index in [4.69, 9.17) is 16.6 Å². The largest absolute Gasteiger partial charge is 0.384 e. The third-order valence-electron chi connectivity index (χ3n) is 5.88. The van der Waals surface area contributed by atoms with Crippen LogP contribution in [0.1, 0.15) is 50.6 Å². The Morgan fingerprint density at radius 2 is 1.75 bits per heavy atom. The van der Waals surface area contributed by atoms with Crippen molar-refractivity contribution in [2.75, 3.05) is 12.3 Å². The molecule has 110 valence electrons. The number of nitrogen functional groups attached to an aromatic ring is 1. The molecule has 0 spiro atoms. The van der Waals surface area contributed by atoms with Crippen molar-refractivity contribution in [2.45, 2.75) is 56.9 Å². The first kappa shape index (κ1) is 12.7. The number of hydrogen-bond acceptors (Lipinski definition) is 3. The summed E-state index contributed by atoms with van der Waals surface area (Å²) in [6.07, 6.45) is 10.3. The Hall–Kier alpha value is -1.03. The molecule has 4 N–H and O–H groups in total. The van der Waals surface area contributed by atoms with Crippen LogP contribution in [-0.2, 0) is 12.0 Å². The van der Waals surface area contributed by atoms with Crippen molar-refractivity contribution in [3.63, 3.8) is 0 Å². The van der Waals surface area contributed by atoms with Crippen LogP contribution in [0.3, 0.4) is 0 Å². The van der Waals surface area contributed by atoms with Crippen molar-refractivity contribution in [3.8, 4) is 0 Å². The summed E-state index contributed by atoms with van der Waals surface area (Å²) in [5.74, 6) is 3.66. The zero-order valence-electron chi connectivity index (χ0n) is 12.2. The van der Waals surface area contributed by atoms with E-state index in [1.54, 1.807) is 0 Å². The highest BCUT2D eigenvalue weighted by Crippen LogP contribution is 2.59. The van der Waals surface area contributed by atoms with Gasteiger partial charge in [-0.3, -0.25) is 0 Å². The first-order chi connectivity index (χ1) is 9.68. The molecule has 4 bridgehead atoms. The van der Waals surface area contributed by atoms with Crippen LogP contribution in [0.15, 0.2) is 6.07 Å². The minimum Gasteiger partial charge on any atom is -0.384 e. The average molecular weight is 274 g/mol. The van der Waals surface area contributed by atoms with E-state index < -0.39 is 0 Å². The summed E-state index contributed by atoms with van der Waals surface area (Å²) in [5, 5.41) is 4.87. The number of aromatic nitrogens is 2. The van der Waals surface area contributed by atoms with E-state index >= 15 is 0 Å². The van der Waals surface area contributed by atoms with Gasteiger partial charge in [-0.05, 0) is 75.7 Å². The van der Waals surface area contributed by atoms with Crippen LogP contribution in [-0.4, -0.2) is 16.3 Å². The van der Waals surface area contributed by atoms with Crippen molar-refractivity contribution >= 4 is 5.82 Å². The summed E-state index contributed by atoms with van der Waals surface area (Å²) >= 11 is 0. The zero-order chi connectivity index (χ0) is 13.7. The summed E-state index contributed by atoms with van der Waals surface area (Å²) in [4.78, 5) is 0. The lowest BCUT2D eigenvalue weighted by Crippen LogP contribution is -2.52. The van der Waals surface area contributed by atoms with E-state index in [1.807, 2.05) is 0 Å². The molecule has 4 fully saturated rings. The molecule has 4 heteroatoms. The van der Waals surface area contributed by atoms with Crippen molar-refractivity contribution < 1.29 is 0 Å². The Morgan fingerprint density at radius 3 is 2.30 bits per heavy atom. The molecule has 20 heavy (non-hydrogen) atoms. The van der Waals surface area contributed by atoms with Gasteiger partial charge in [0.1, 0.15) is 5.82 Å². The Bertz CT molecular complexity index is 469. The number of rotatable bonds is 4. The monoisotopic (exact) mass is 274 g/mol. The van der Waals surface area contributed by atoms with E-state index in [0.717, 1.165) is 48.7 Å². The number of aryl methyl sites for hydroxylation is 1. The molecule has 4 nitrogen and oxygen atoms in total. The summed E-state index contributed by atoms with van der Waals surface area (Å²) in [6, 6.07) is 2.08. The molecule has 5 rings (SSSR count). The molecule has 0 aliphatic heterocycles. The molecule has 0 amide bonds. The van der Waals surface area contributed by atoms with Crippen LogP contribution in [0.25, 0.3) is 0 Å². The predicted molar refractivity (Wildman–Crippen MR) is 80.2 cm³/mol. The molecule has 4 aliphatic rings. The number of anilines is 1. The highest BCUT2D eigenvalue weighted by Gasteiger charge is 2.52. The smallest absolute Gasteiger partial charge is 0.122 e.